The Bertz CT molecular complexity index is 4620. The first-order valence-electron chi connectivity index (χ1n) is 23.7. The van der Waals surface area contributed by atoms with Crippen LogP contribution in [-0.4, -0.2) is 18.4 Å². The monoisotopic (exact) mass is 858 g/mol. The van der Waals surface area contributed by atoms with E-state index in [-0.39, 0.29) is 10.8 Å². The van der Waals surface area contributed by atoms with Crippen molar-refractivity contribution in [1.82, 2.24) is 18.4 Å². The molecule has 6 aromatic heterocycles. The summed E-state index contributed by atoms with van der Waals surface area (Å²) >= 11 is 0. The Hall–Kier alpha value is -7.95. The zero-order valence-electron chi connectivity index (χ0n) is 38.5. The fraction of sp³-hybridized carbons (Fsp3) is 0.127. The first kappa shape index (κ1) is 37.3. The van der Waals surface area contributed by atoms with Gasteiger partial charge in [0.05, 0.1) is 44.1 Å². The second-order valence-electron chi connectivity index (χ2n) is 21.2. The van der Waals surface area contributed by atoms with E-state index in [2.05, 4.69) is 225 Å². The molecule has 9 aromatic carbocycles. The van der Waals surface area contributed by atoms with Gasteiger partial charge in [0, 0.05) is 59.7 Å². The number of aromatic nitrogens is 4. The Morgan fingerprint density at radius 2 is 0.985 bits per heavy atom. The first-order chi connectivity index (χ1) is 32.5. The molecule has 0 spiro atoms. The number of rotatable bonds is 2. The van der Waals surface area contributed by atoms with Crippen LogP contribution in [0.15, 0.2) is 170 Å². The highest BCUT2D eigenvalue weighted by Crippen LogP contribution is 2.50. The smallest absolute Gasteiger partial charge is 0.146 e. The zero-order chi connectivity index (χ0) is 44.8. The van der Waals surface area contributed by atoms with Crippen LogP contribution in [0.25, 0.3) is 137 Å². The summed E-state index contributed by atoms with van der Waals surface area (Å²) in [7, 11) is 0. The molecule has 0 aliphatic rings. The predicted molar refractivity (Wildman–Crippen MR) is 286 cm³/mol. The summed E-state index contributed by atoms with van der Waals surface area (Å²) in [6.45, 7) is 14.0. The molecule has 318 valence electrons. The largest absolute Gasteiger partial charge is 0.309 e. The van der Waals surface area contributed by atoms with Gasteiger partial charge >= 0.3 is 0 Å². The van der Waals surface area contributed by atoms with E-state index in [1.807, 2.05) is 0 Å². The minimum absolute atomic E-state index is 0.0311. The molecular weight excluding hydrogens is 813 g/mol. The van der Waals surface area contributed by atoms with Crippen LogP contribution in [0, 0.1) is 0 Å². The van der Waals surface area contributed by atoms with Crippen molar-refractivity contribution in [3.63, 3.8) is 0 Å². The van der Waals surface area contributed by atoms with Gasteiger partial charge in [0.2, 0.25) is 0 Å². The number of pyridine rings is 1. The fourth-order valence-corrected chi connectivity index (χ4v) is 12.1. The fourth-order valence-electron chi connectivity index (χ4n) is 12.1. The lowest BCUT2D eigenvalue weighted by molar-refractivity contribution is 0.591. The third-order valence-electron chi connectivity index (χ3n) is 15.3. The van der Waals surface area contributed by atoms with Crippen molar-refractivity contribution < 1.29 is 0 Å². The van der Waals surface area contributed by atoms with Gasteiger partial charge in [-0.15, -0.1) is 0 Å². The Morgan fingerprint density at radius 3 is 1.76 bits per heavy atom. The zero-order valence-corrected chi connectivity index (χ0v) is 38.5. The average Bonchev–Trinajstić information content (AvgIpc) is 4.12. The van der Waals surface area contributed by atoms with Crippen molar-refractivity contribution in [2.75, 3.05) is 0 Å². The number of fused-ring (bicyclic) bond motifs is 19. The molecule has 0 unspecified atom stereocenters. The number of para-hydroxylation sites is 2. The van der Waals surface area contributed by atoms with Gasteiger partial charge in [-0.25, -0.2) is 4.98 Å². The van der Waals surface area contributed by atoms with Crippen molar-refractivity contribution in [3.05, 3.63) is 181 Å². The first-order valence-corrected chi connectivity index (χ1v) is 23.7. The van der Waals surface area contributed by atoms with Crippen molar-refractivity contribution in [2.24, 2.45) is 0 Å². The summed E-state index contributed by atoms with van der Waals surface area (Å²) in [5.41, 5.74) is 16.7. The van der Waals surface area contributed by atoms with E-state index in [4.69, 9.17) is 4.98 Å². The molecule has 15 rings (SSSR count). The van der Waals surface area contributed by atoms with Gasteiger partial charge in [-0.3, -0.25) is 4.40 Å². The second kappa shape index (κ2) is 12.5. The summed E-state index contributed by atoms with van der Waals surface area (Å²) < 4.78 is 7.48. The van der Waals surface area contributed by atoms with Crippen molar-refractivity contribution in [1.29, 1.82) is 0 Å². The van der Waals surface area contributed by atoms with Gasteiger partial charge in [-0.05, 0) is 122 Å². The van der Waals surface area contributed by atoms with Crippen LogP contribution in [0.1, 0.15) is 52.7 Å². The summed E-state index contributed by atoms with van der Waals surface area (Å²) in [5.74, 6) is 0. The Balaban J connectivity index is 1.13. The van der Waals surface area contributed by atoms with Crippen LogP contribution in [0.5, 0.6) is 0 Å². The normalized spacial score (nSPS) is 13.2. The molecule has 4 heteroatoms. The molecule has 0 saturated carbocycles. The van der Waals surface area contributed by atoms with Gasteiger partial charge < -0.3 is 8.97 Å². The summed E-state index contributed by atoms with van der Waals surface area (Å²) in [6, 6.07) is 64.0. The minimum Gasteiger partial charge on any atom is -0.309 e. The molecule has 4 nitrogen and oxygen atoms in total. The maximum Gasteiger partial charge on any atom is 0.146 e. The SMILES string of the molecule is CC(C)(C)c1ccc2c(c1)c1cc3ccccc3c3c4nc5c(cc4n2c13)c1cc(C(C)(C)C)cc2c3c4ccccc4cc(-c4ccc6c(c4)c4ccccc4n6-c4ccccc4)c3n5c12. The maximum atomic E-state index is 6.00. The van der Waals surface area contributed by atoms with Crippen molar-refractivity contribution >= 4 is 120 Å². The van der Waals surface area contributed by atoms with Gasteiger partial charge in [0.1, 0.15) is 5.65 Å². The molecule has 15 aromatic rings. The number of benzene rings is 9. The molecular formula is C63H46N4. The number of hydrogen-bond donors (Lipinski definition) is 0. The standard InChI is InChI=1S/C63H46N4/c1-62(2,3)38-25-27-53-46(31-38)47-30-36-17-11-13-21-42(36)56-57-54(66(53)60(47)56)34-49-48-32-39(63(4,5)6)33-50-55-41-20-12-10-16-35(41)28-44(59(55)67(58(48)50)61(49)64-57)37-24-26-52-45(29-37)43-22-14-15-23-51(43)65(52)40-18-8-7-9-19-40/h7-34H,1-6H3. The quantitative estimate of drug-likeness (QED) is 0.170. The average molecular weight is 859 g/mol. The van der Waals surface area contributed by atoms with Gasteiger partial charge in [0.25, 0.3) is 0 Å². The molecule has 6 heterocycles. The van der Waals surface area contributed by atoms with Crippen LogP contribution in [-0.2, 0) is 10.8 Å². The highest BCUT2D eigenvalue weighted by molar-refractivity contribution is 6.34. The topological polar surface area (TPSA) is 26.6 Å². The highest BCUT2D eigenvalue weighted by Gasteiger charge is 2.29. The van der Waals surface area contributed by atoms with Crippen LogP contribution in [0.2, 0.25) is 0 Å². The predicted octanol–water partition coefficient (Wildman–Crippen LogP) is 17.0. The molecule has 0 atom stereocenters. The number of nitrogens with zero attached hydrogens (tertiary/aromatic N) is 4. The molecule has 67 heavy (non-hydrogen) atoms. The van der Waals surface area contributed by atoms with E-state index in [0.717, 1.165) is 22.4 Å². The molecule has 0 fully saturated rings. The van der Waals surface area contributed by atoms with Crippen LogP contribution in [0.3, 0.4) is 0 Å². The highest BCUT2D eigenvalue weighted by atomic mass is 15.0. The van der Waals surface area contributed by atoms with Gasteiger partial charge in [-0.2, -0.15) is 0 Å². The Morgan fingerprint density at radius 1 is 0.373 bits per heavy atom. The van der Waals surface area contributed by atoms with E-state index in [1.165, 1.54) is 125 Å². The third-order valence-corrected chi connectivity index (χ3v) is 15.3. The van der Waals surface area contributed by atoms with E-state index < -0.39 is 0 Å². The lowest BCUT2D eigenvalue weighted by atomic mass is 9.85. The molecule has 0 bridgehead atoms. The number of hydrogen-bond acceptors (Lipinski definition) is 1. The summed E-state index contributed by atoms with van der Waals surface area (Å²) in [6.07, 6.45) is 0. The maximum absolute atomic E-state index is 6.00. The lowest BCUT2D eigenvalue weighted by Crippen LogP contribution is -2.10. The second-order valence-corrected chi connectivity index (χ2v) is 21.2. The van der Waals surface area contributed by atoms with E-state index in [9.17, 15) is 0 Å². The van der Waals surface area contributed by atoms with Gasteiger partial charge in [0.15, 0.2) is 0 Å². The Kier molecular flexibility index (Phi) is 6.94. The molecule has 0 amide bonds. The Labute approximate surface area is 386 Å². The van der Waals surface area contributed by atoms with E-state index in [0.29, 0.717) is 0 Å². The van der Waals surface area contributed by atoms with Gasteiger partial charge in [-0.1, -0.05) is 139 Å². The summed E-state index contributed by atoms with van der Waals surface area (Å²) in [5, 5.41) is 16.3. The van der Waals surface area contributed by atoms with Crippen LogP contribution in [0.4, 0.5) is 0 Å². The van der Waals surface area contributed by atoms with Crippen molar-refractivity contribution in [2.45, 2.75) is 52.4 Å². The van der Waals surface area contributed by atoms with E-state index in [1.54, 1.807) is 0 Å². The molecule has 0 N–H and O–H groups in total. The van der Waals surface area contributed by atoms with Crippen molar-refractivity contribution in [3.8, 4) is 16.8 Å². The summed E-state index contributed by atoms with van der Waals surface area (Å²) in [4.78, 5) is 6.00. The molecule has 0 saturated heterocycles. The third kappa shape index (κ3) is 4.79. The van der Waals surface area contributed by atoms with Crippen LogP contribution >= 0.6 is 0 Å². The minimum atomic E-state index is -0.0832. The van der Waals surface area contributed by atoms with E-state index >= 15 is 0 Å². The molecule has 0 aliphatic heterocycles. The molecule has 0 radical (unpaired) electrons. The molecule has 0 aliphatic carbocycles. The lowest BCUT2D eigenvalue weighted by Gasteiger charge is -2.19. The van der Waals surface area contributed by atoms with Crippen LogP contribution < -0.4 is 0 Å².